The molecule has 106 valence electrons. The van der Waals surface area contributed by atoms with Gasteiger partial charge in [0.25, 0.3) is 5.91 Å². The molecule has 0 spiro atoms. The Bertz CT molecular complexity index is 709. The van der Waals surface area contributed by atoms with Crippen molar-refractivity contribution in [1.82, 2.24) is 4.98 Å². The second-order valence-corrected chi connectivity index (χ2v) is 6.11. The lowest BCUT2D eigenvalue weighted by molar-refractivity contribution is 0.102. The summed E-state index contributed by atoms with van der Waals surface area (Å²) in [5.41, 5.74) is 0.550. The zero-order valence-corrected chi connectivity index (χ0v) is 12.6. The van der Waals surface area contributed by atoms with Crippen molar-refractivity contribution in [3.63, 3.8) is 0 Å². The molecule has 0 saturated heterocycles. The number of rotatable bonds is 5. The van der Waals surface area contributed by atoms with Gasteiger partial charge in [-0.1, -0.05) is 12.1 Å². The predicted molar refractivity (Wildman–Crippen MR) is 85.2 cm³/mol. The summed E-state index contributed by atoms with van der Waals surface area (Å²) in [5.74, 6) is 0.488. The molecule has 0 aliphatic carbocycles. The monoisotopic (exact) mass is 316 g/mol. The van der Waals surface area contributed by atoms with Crippen molar-refractivity contribution in [3.8, 4) is 5.75 Å². The molecule has 4 nitrogen and oxygen atoms in total. The lowest BCUT2D eigenvalue weighted by Crippen LogP contribution is -2.11. The first-order valence-corrected chi connectivity index (χ1v) is 8.03. The van der Waals surface area contributed by atoms with Crippen molar-refractivity contribution in [2.75, 3.05) is 5.32 Å². The normalized spacial score (nSPS) is 10.3. The van der Waals surface area contributed by atoms with Gasteiger partial charge in [0.05, 0.1) is 0 Å². The van der Waals surface area contributed by atoms with Crippen LogP contribution in [-0.2, 0) is 6.61 Å². The highest BCUT2D eigenvalue weighted by Gasteiger charge is 2.08. The molecule has 0 radical (unpaired) electrons. The topological polar surface area (TPSA) is 51.2 Å². The standard InChI is InChI=1S/C15H12N2O2S2/c18-14(17-15-16-6-8-21-15)11-3-1-4-12(9-11)19-10-13-5-2-7-20-13/h1-9H,10H2,(H,16,17,18). The number of hydrogen-bond donors (Lipinski definition) is 1. The van der Waals surface area contributed by atoms with Gasteiger partial charge in [0.2, 0.25) is 0 Å². The molecule has 3 rings (SSSR count). The number of nitrogens with one attached hydrogen (secondary N) is 1. The number of benzene rings is 1. The summed E-state index contributed by atoms with van der Waals surface area (Å²) in [6.45, 7) is 0.509. The number of carbonyl (C=O) groups is 1. The van der Waals surface area contributed by atoms with E-state index in [0.29, 0.717) is 23.1 Å². The van der Waals surface area contributed by atoms with Crippen LogP contribution in [0.25, 0.3) is 0 Å². The molecule has 3 aromatic rings. The minimum absolute atomic E-state index is 0.188. The smallest absolute Gasteiger partial charge is 0.257 e. The Morgan fingerprint density at radius 1 is 1.19 bits per heavy atom. The molecule has 2 heterocycles. The Balaban J connectivity index is 1.66. The number of amides is 1. The Morgan fingerprint density at radius 3 is 2.90 bits per heavy atom. The highest BCUT2D eigenvalue weighted by atomic mass is 32.1. The molecule has 1 aromatic carbocycles. The molecule has 1 amide bonds. The predicted octanol–water partition coefficient (Wildman–Crippen LogP) is 4.04. The van der Waals surface area contributed by atoms with Crippen LogP contribution in [0.4, 0.5) is 5.13 Å². The molecule has 6 heteroatoms. The zero-order chi connectivity index (χ0) is 14.5. The maximum Gasteiger partial charge on any atom is 0.257 e. The third-order valence-electron chi connectivity index (χ3n) is 2.71. The van der Waals surface area contributed by atoms with Crippen LogP contribution < -0.4 is 10.1 Å². The van der Waals surface area contributed by atoms with Crippen LogP contribution in [0.1, 0.15) is 15.2 Å². The van der Waals surface area contributed by atoms with Crippen LogP contribution in [0.5, 0.6) is 5.75 Å². The summed E-state index contributed by atoms with van der Waals surface area (Å²) in [6, 6.07) is 11.1. The number of hydrogen-bond acceptors (Lipinski definition) is 5. The van der Waals surface area contributed by atoms with Crippen molar-refractivity contribution in [3.05, 3.63) is 63.8 Å². The second-order valence-electron chi connectivity index (χ2n) is 4.19. The van der Waals surface area contributed by atoms with Crippen molar-refractivity contribution in [2.45, 2.75) is 6.61 Å². The van der Waals surface area contributed by atoms with E-state index in [1.165, 1.54) is 11.3 Å². The molecule has 0 fully saturated rings. The average molecular weight is 316 g/mol. The fourth-order valence-electron chi connectivity index (χ4n) is 1.73. The van der Waals surface area contributed by atoms with Gasteiger partial charge in [-0.05, 0) is 29.6 Å². The van der Waals surface area contributed by atoms with Crippen LogP contribution in [-0.4, -0.2) is 10.9 Å². The van der Waals surface area contributed by atoms with Crippen LogP contribution in [0.2, 0.25) is 0 Å². The molecule has 2 aromatic heterocycles. The van der Waals surface area contributed by atoms with Gasteiger partial charge >= 0.3 is 0 Å². The van der Waals surface area contributed by atoms with Gasteiger partial charge in [0, 0.05) is 22.0 Å². The number of anilines is 1. The largest absolute Gasteiger partial charge is 0.488 e. The third-order valence-corrected chi connectivity index (χ3v) is 4.25. The number of nitrogens with zero attached hydrogens (tertiary/aromatic N) is 1. The van der Waals surface area contributed by atoms with Crippen LogP contribution in [0, 0.1) is 0 Å². The van der Waals surface area contributed by atoms with E-state index in [1.54, 1.807) is 35.7 Å². The van der Waals surface area contributed by atoms with Gasteiger partial charge in [0.1, 0.15) is 12.4 Å². The third kappa shape index (κ3) is 3.68. The number of thiophene rings is 1. The number of carbonyl (C=O) groups excluding carboxylic acids is 1. The molecule has 0 atom stereocenters. The van der Waals surface area contributed by atoms with Crippen molar-refractivity contribution in [2.24, 2.45) is 0 Å². The summed E-state index contributed by atoms with van der Waals surface area (Å²) in [7, 11) is 0. The lowest BCUT2D eigenvalue weighted by Gasteiger charge is -2.07. The first-order chi connectivity index (χ1) is 10.3. The molecule has 0 saturated carbocycles. The Hall–Kier alpha value is -2.18. The second kappa shape index (κ2) is 6.51. The fourth-order valence-corrected chi connectivity index (χ4v) is 2.87. The Kier molecular flexibility index (Phi) is 4.28. The summed E-state index contributed by atoms with van der Waals surface area (Å²) in [5, 5.41) is 7.16. The molecule has 0 unspecified atom stereocenters. The maximum absolute atomic E-state index is 12.1. The van der Waals surface area contributed by atoms with Gasteiger partial charge in [-0.15, -0.1) is 22.7 Å². The molecule has 0 aliphatic rings. The average Bonchev–Trinajstić information content (AvgIpc) is 3.19. The number of aromatic nitrogens is 1. The molecule has 0 bridgehead atoms. The van der Waals surface area contributed by atoms with Crippen molar-refractivity contribution in [1.29, 1.82) is 0 Å². The van der Waals surface area contributed by atoms with Crippen LogP contribution >= 0.6 is 22.7 Å². The highest BCUT2D eigenvalue weighted by Crippen LogP contribution is 2.18. The fraction of sp³-hybridized carbons (Fsp3) is 0.0667. The minimum Gasteiger partial charge on any atom is -0.488 e. The molecular weight excluding hydrogens is 304 g/mol. The maximum atomic E-state index is 12.1. The Morgan fingerprint density at radius 2 is 2.14 bits per heavy atom. The zero-order valence-electron chi connectivity index (χ0n) is 11.0. The van der Waals surface area contributed by atoms with E-state index in [2.05, 4.69) is 10.3 Å². The highest BCUT2D eigenvalue weighted by molar-refractivity contribution is 7.13. The summed E-state index contributed by atoms with van der Waals surface area (Å²) >= 11 is 3.03. The van der Waals surface area contributed by atoms with Crippen molar-refractivity contribution < 1.29 is 9.53 Å². The van der Waals surface area contributed by atoms with Gasteiger partial charge in [0.15, 0.2) is 5.13 Å². The van der Waals surface area contributed by atoms with Gasteiger partial charge in [-0.3, -0.25) is 10.1 Å². The van der Waals surface area contributed by atoms with E-state index in [1.807, 2.05) is 29.0 Å². The SMILES string of the molecule is O=C(Nc1nccs1)c1cccc(OCc2cccs2)c1. The minimum atomic E-state index is -0.188. The van der Waals surface area contributed by atoms with Gasteiger partial charge in [-0.25, -0.2) is 4.98 Å². The van der Waals surface area contributed by atoms with E-state index in [4.69, 9.17) is 4.74 Å². The summed E-state index contributed by atoms with van der Waals surface area (Å²) in [4.78, 5) is 17.3. The molecule has 0 aliphatic heterocycles. The molecule has 1 N–H and O–H groups in total. The van der Waals surface area contributed by atoms with E-state index < -0.39 is 0 Å². The van der Waals surface area contributed by atoms with Crippen LogP contribution in [0.3, 0.4) is 0 Å². The molecule has 21 heavy (non-hydrogen) atoms. The van der Waals surface area contributed by atoms with E-state index in [-0.39, 0.29) is 5.91 Å². The Labute approximate surface area is 130 Å². The van der Waals surface area contributed by atoms with E-state index in [9.17, 15) is 4.79 Å². The van der Waals surface area contributed by atoms with Gasteiger partial charge in [-0.2, -0.15) is 0 Å². The first-order valence-electron chi connectivity index (χ1n) is 6.27. The lowest BCUT2D eigenvalue weighted by atomic mass is 10.2. The van der Waals surface area contributed by atoms with Crippen molar-refractivity contribution >= 4 is 33.7 Å². The number of ether oxygens (including phenoxy) is 1. The first kappa shape index (κ1) is 13.8. The van der Waals surface area contributed by atoms with E-state index >= 15 is 0 Å². The number of thiazole rings is 1. The molecular formula is C15H12N2O2S2. The van der Waals surface area contributed by atoms with E-state index in [0.717, 1.165) is 4.88 Å². The van der Waals surface area contributed by atoms with Gasteiger partial charge < -0.3 is 4.74 Å². The quantitative estimate of drug-likeness (QED) is 0.773. The summed E-state index contributed by atoms with van der Waals surface area (Å²) in [6.07, 6.45) is 1.65. The van der Waals surface area contributed by atoms with Crippen LogP contribution in [0.15, 0.2) is 53.4 Å². The summed E-state index contributed by atoms with van der Waals surface area (Å²) < 4.78 is 5.69.